The van der Waals surface area contributed by atoms with E-state index in [1.165, 1.54) is 7.05 Å². The normalized spacial score (nSPS) is 27.2. The van der Waals surface area contributed by atoms with Crippen molar-refractivity contribution in [2.24, 2.45) is 22.6 Å². The third-order valence-corrected chi connectivity index (χ3v) is 6.97. The Balaban J connectivity index is 1.69. The zero-order chi connectivity index (χ0) is 20.5. The third kappa shape index (κ3) is 3.51. The number of primary amides is 1. The van der Waals surface area contributed by atoms with Crippen LogP contribution in [0.5, 0.6) is 0 Å². The Morgan fingerprint density at radius 3 is 2.50 bits per heavy atom. The molecule has 1 saturated carbocycles. The van der Waals surface area contributed by atoms with Gasteiger partial charge in [-0.15, -0.1) is 0 Å². The number of nitrogens with two attached hydrogens (primary N) is 1. The zero-order valence-electron chi connectivity index (χ0n) is 15.7. The summed E-state index contributed by atoms with van der Waals surface area (Å²) in [6, 6.07) is 0. The van der Waals surface area contributed by atoms with Crippen LogP contribution in [0.1, 0.15) is 31.4 Å². The number of amides is 3. The van der Waals surface area contributed by atoms with Crippen molar-refractivity contribution >= 4 is 51.6 Å². The Morgan fingerprint density at radius 2 is 1.96 bits per heavy atom. The molecule has 3 rings (SSSR count). The van der Waals surface area contributed by atoms with Gasteiger partial charge in [0.25, 0.3) is 5.91 Å². The van der Waals surface area contributed by atoms with Crippen LogP contribution in [0.2, 0.25) is 5.02 Å². The average molecular weight is 427 g/mol. The van der Waals surface area contributed by atoms with E-state index in [-0.39, 0.29) is 30.1 Å². The summed E-state index contributed by atoms with van der Waals surface area (Å²) in [6.07, 6.45) is 2.28. The number of carbonyl (C=O) groups excluding carboxylic acids is 3. The van der Waals surface area contributed by atoms with E-state index in [0.29, 0.717) is 41.4 Å². The number of rotatable bonds is 5. The number of anilines is 1. The van der Waals surface area contributed by atoms with Gasteiger partial charge in [0, 0.05) is 13.0 Å². The van der Waals surface area contributed by atoms with Gasteiger partial charge >= 0.3 is 0 Å². The summed E-state index contributed by atoms with van der Waals surface area (Å²) in [6.45, 7) is 1.94. The standard InChI is InChI=1S/C17H23ClN6O3S/c1-8-11(18)15(28-24-8)23-13(25)9-3-5-10(6-4-9)17(16(19)27)12(14(26)20-2)21-7-22-17/h9-10,22H,3-7H2,1-2H3,(H2,19,27)(H,20,26)(H,23,25). The quantitative estimate of drug-likeness (QED) is 0.552. The van der Waals surface area contributed by atoms with E-state index in [9.17, 15) is 14.4 Å². The molecule has 2 heterocycles. The third-order valence-electron chi connectivity index (χ3n) is 5.54. The van der Waals surface area contributed by atoms with E-state index in [1.54, 1.807) is 6.92 Å². The van der Waals surface area contributed by atoms with Crippen LogP contribution < -0.4 is 21.7 Å². The fourth-order valence-electron chi connectivity index (χ4n) is 4.00. The topological polar surface area (TPSA) is 139 Å². The smallest absolute Gasteiger partial charge is 0.267 e. The van der Waals surface area contributed by atoms with Crippen molar-refractivity contribution in [2.75, 3.05) is 19.0 Å². The van der Waals surface area contributed by atoms with Gasteiger partial charge in [0.15, 0.2) is 0 Å². The Hall–Kier alpha value is -2.04. The summed E-state index contributed by atoms with van der Waals surface area (Å²) >= 11 is 7.29. The second-order valence-electron chi connectivity index (χ2n) is 7.04. The lowest BCUT2D eigenvalue weighted by atomic mass is 9.69. The van der Waals surface area contributed by atoms with Crippen LogP contribution in [0.3, 0.4) is 0 Å². The number of nitrogens with zero attached hydrogens (tertiary/aromatic N) is 2. The highest BCUT2D eigenvalue weighted by atomic mass is 35.5. The van der Waals surface area contributed by atoms with Gasteiger partial charge < -0.3 is 16.4 Å². The summed E-state index contributed by atoms with van der Waals surface area (Å²) in [5.74, 6) is -1.56. The van der Waals surface area contributed by atoms with E-state index < -0.39 is 17.4 Å². The maximum absolute atomic E-state index is 12.6. The molecular formula is C17H23ClN6O3S. The van der Waals surface area contributed by atoms with Crippen LogP contribution in [0.25, 0.3) is 0 Å². The van der Waals surface area contributed by atoms with E-state index in [4.69, 9.17) is 17.3 Å². The number of aliphatic imine (C=N–C) groups is 1. The van der Waals surface area contributed by atoms with Crippen molar-refractivity contribution in [3.63, 3.8) is 0 Å². The molecule has 1 aliphatic heterocycles. The molecule has 1 aliphatic carbocycles. The lowest BCUT2D eigenvalue weighted by molar-refractivity contribution is -0.126. The maximum Gasteiger partial charge on any atom is 0.267 e. The van der Waals surface area contributed by atoms with Crippen molar-refractivity contribution in [2.45, 2.75) is 38.1 Å². The maximum atomic E-state index is 12.6. The first-order chi connectivity index (χ1) is 13.3. The number of aryl methyl sites for hydroxylation is 1. The van der Waals surface area contributed by atoms with Crippen LogP contribution in [0.4, 0.5) is 5.00 Å². The summed E-state index contributed by atoms with van der Waals surface area (Å²) in [7, 11) is 1.49. The highest BCUT2D eigenvalue weighted by Crippen LogP contribution is 2.39. The van der Waals surface area contributed by atoms with E-state index >= 15 is 0 Å². The van der Waals surface area contributed by atoms with Crippen LogP contribution in [-0.4, -0.2) is 47.1 Å². The predicted octanol–water partition coefficient (Wildman–Crippen LogP) is 0.822. The number of aromatic nitrogens is 1. The number of nitrogens with one attached hydrogen (secondary N) is 3. The molecule has 5 N–H and O–H groups in total. The molecule has 1 fully saturated rings. The Bertz CT molecular complexity index is 833. The van der Waals surface area contributed by atoms with Gasteiger partial charge in [0.05, 0.1) is 17.4 Å². The summed E-state index contributed by atoms with van der Waals surface area (Å²) in [4.78, 5) is 41.3. The molecule has 0 saturated heterocycles. The lowest BCUT2D eigenvalue weighted by Gasteiger charge is -2.39. The number of hydrogen-bond donors (Lipinski definition) is 4. The zero-order valence-corrected chi connectivity index (χ0v) is 17.2. The molecule has 1 aromatic heterocycles. The molecule has 2 aliphatic rings. The van der Waals surface area contributed by atoms with Gasteiger partial charge in [-0.1, -0.05) is 11.6 Å². The summed E-state index contributed by atoms with van der Waals surface area (Å²) in [5.41, 5.74) is 5.22. The second kappa shape index (κ2) is 8.14. The molecule has 0 bridgehead atoms. The Kier molecular flexibility index (Phi) is 6.01. The minimum Gasteiger partial charge on any atom is -0.368 e. The van der Waals surface area contributed by atoms with Crippen LogP contribution in [-0.2, 0) is 14.4 Å². The van der Waals surface area contributed by atoms with Gasteiger partial charge in [0.2, 0.25) is 11.8 Å². The molecule has 152 valence electrons. The number of halogens is 1. The molecule has 3 amide bonds. The van der Waals surface area contributed by atoms with Crippen LogP contribution in [0, 0.1) is 18.8 Å². The van der Waals surface area contributed by atoms with E-state index in [1.807, 2.05) is 0 Å². The second-order valence-corrected chi connectivity index (χ2v) is 8.19. The van der Waals surface area contributed by atoms with Crippen LogP contribution in [0.15, 0.2) is 4.99 Å². The van der Waals surface area contributed by atoms with Gasteiger partial charge in [-0.2, -0.15) is 4.37 Å². The molecule has 9 nitrogen and oxygen atoms in total. The minimum atomic E-state index is -1.29. The first-order valence-electron chi connectivity index (χ1n) is 9.05. The van der Waals surface area contributed by atoms with E-state index in [0.717, 1.165) is 11.5 Å². The van der Waals surface area contributed by atoms with Crippen LogP contribution >= 0.6 is 23.1 Å². The summed E-state index contributed by atoms with van der Waals surface area (Å²) < 4.78 is 4.12. The van der Waals surface area contributed by atoms with Crippen molar-refractivity contribution in [1.29, 1.82) is 0 Å². The van der Waals surface area contributed by atoms with Crippen molar-refractivity contribution in [1.82, 2.24) is 15.0 Å². The van der Waals surface area contributed by atoms with Gasteiger partial charge in [-0.05, 0) is 50.1 Å². The minimum absolute atomic E-state index is 0.114. The monoisotopic (exact) mass is 426 g/mol. The van der Waals surface area contributed by atoms with Gasteiger partial charge in [0.1, 0.15) is 16.3 Å². The fourth-order valence-corrected chi connectivity index (χ4v) is 4.94. The van der Waals surface area contributed by atoms with Crippen molar-refractivity contribution in [3.8, 4) is 0 Å². The van der Waals surface area contributed by atoms with E-state index in [2.05, 4.69) is 25.3 Å². The molecule has 0 radical (unpaired) electrons. The molecule has 1 atom stereocenters. The highest BCUT2D eigenvalue weighted by Gasteiger charge is 2.54. The molecular weight excluding hydrogens is 404 g/mol. The molecule has 1 aromatic rings. The molecule has 0 spiro atoms. The molecule has 28 heavy (non-hydrogen) atoms. The Labute approximate surface area is 171 Å². The average Bonchev–Trinajstić information content (AvgIpc) is 3.27. The van der Waals surface area contributed by atoms with Gasteiger partial charge in [-0.25, -0.2) is 0 Å². The first kappa shape index (κ1) is 20.7. The lowest BCUT2D eigenvalue weighted by Crippen LogP contribution is -2.65. The van der Waals surface area contributed by atoms with Crippen molar-refractivity contribution < 1.29 is 14.4 Å². The van der Waals surface area contributed by atoms with Crippen molar-refractivity contribution in [3.05, 3.63) is 10.7 Å². The predicted molar refractivity (Wildman–Crippen MR) is 107 cm³/mol. The largest absolute Gasteiger partial charge is 0.368 e. The molecule has 11 heteroatoms. The SMILES string of the molecule is CNC(=O)C1=NCNC1(C(N)=O)C1CCC(C(=O)Nc2snc(C)c2Cl)CC1. The summed E-state index contributed by atoms with van der Waals surface area (Å²) in [5, 5.41) is 9.40. The number of hydrogen-bond acceptors (Lipinski definition) is 7. The molecule has 0 aromatic carbocycles. The fraction of sp³-hybridized carbons (Fsp3) is 0.588. The highest BCUT2D eigenvalue weighted by molar-refractivity contribution is 7.11. The van der Waals surface area contributed by atoms with Gasteiger partial charge in [-0.3, -0.25) is 24.7 Å². The first-order valence-corrected chi connectivity index (χ1v) is 10.2. The molecule has 1 unspecified atom stereocenters. The number of carbonyl (C=O) groups is 3. The Morgan fingerprint density at radius 1 is 1.29 bits per heavy atom.